The van der Waals surface area contributed by atoms with E-state index in [1.165, 1.54) is 0 Å². The second-order valence-corrected chi connectivity index (χ2v) is 6.36. The van der Waals surface area contributed by atoms with Gasteiger partial charge in [0.2, 0.25) is 5.89 Å². The highest BCUT2D eigenvalue weighted by Gasteiger charge is 2.12. The zero-order chi connectivity index (χ0) is 16.0. The van der Waals surface area contributed by atoms with Gasteiger partial charge in [-0.15, -0.1) is 5.10 Å². The van der Waals surface area contributed by atoms with Crippen molar-refractivity contribution >= 4 is 22.1 Å². The Bertz CT molecular complexity index is 997. The molecule has 0 N–H and O–H groups in total. The lowest BCUT2D eigenvalue weighted by molar-refractivity contribution is 0.483. The maximum atomic E-state index is 5.89. The van der Waals surface area contributed by atoms with Gasteiger partial charge in [-0.25, -0.2) is 9.67 Å². The van der Waals surface area contributed by atoms with E-state index < -0.39 is 0 Å². The number of rotatable bonds is 3. The normalized spacial score (nSPS) is 11.8. The summed E-state index contributed by atoms with van der Waals surface area (Å²) in [5.74, 6) is 1.14. The van der Waals surface area contributed by atoms with Crippen LogP contribution in [-0.2, 0) is 6.54 Å². The summed E-state index contributed by atoms with van der Waals surface area (Å²) in [6, 6.07) is 12.1. The third kappa shape index (κ3) is 2.48. The van der Waals surface area contributed by atoms with Crippen LogP contribution in [0.1, 0.15) is 19.4 Å². The highest BCUT2D eigenvalue weighted by atomic mass is 16.3. The van der Waals surface area contributed by atoms with E-state index in [0.717, 1.165) is 39.8 Å². The first-order valence-electron chi connectivity index (χ1n) is 7.81. The van der Waals surface area contributed by atoms with Gasteiger partial charge in [-0.05, 0) is 48.7 Å². The van der Waals surface area contributed by atoms with Crippen LogP contribution in [0.5, 0.6) is 0 Å². The Kier molecular flexibility index (Phi) is 3.15. The zero-order valence-electron chi connectivity index (χ0n) is 13.4. The molecule has 0 atom stereocenters. The molecule has 2 aromatic carbocycles. The molecule has 0 aliphatic rings. The molecule has 5 nitrogen and oxygen atoms in total. The Morgan fingerprint density at radius 3 is 2.78 bits per heavy atom. The number of aromatic nitrogens is 4. The molecule has 0 spiro atoms. The minimum Gasteiger partial charge on any atom is -0.436 e. The molecule has 0 aliphatic heterocycles. The Morgan fingerprint density at radius 2 is 1.96 bits per heavy atom. The van der Waals surface area contributed by atoms with Crippen LogP contribution in [0.3, 0.4) is 0 Å². The van der Waals surface area contributed by atoms with Gasteiger partial charge in [0.15, 0.2) is 5.58 Å². The minimum absolute atomic E-state index is 0.528. The molecule has 0 aliphatic carbocycles. The molecule has 23 heavy (non-hydrogen) atoms. The van der Waals surface area contributed by atoms with Crippen molar-refractivity contribution in [3.05, 3.63) is 42.0 Å². The van der Waals surface area contributed by atoms with Gasteiger partial charge in [0.05, 0.1) is 5.52 Å². The summed E-state index contributed by atoms with van der Waals surface area (Å²) >= 11 is 0. The number of hydrogen-bond acceptors (Lipinski definition) is 4. The predicted octanol–water partition coefficient (Wildman–Crippen LogP) is 4.20. The lowest BCUT2D eigenvalue weighted by Crippen LogP contribution is -2.05. The van der Waals surface area contributed by atoms with Gasteiger partial charge in [0.25, 0.3) is 0 Å². The SMILES string of the molecule is Cc1ccc2nc(-c3ccc4c(c3)nnn4CC(C)C)oc2c1. The lowest BCUT2D eigenvalue weighted by Gasteiger charge is -2.04. The minimum atomic E-state index is 0.528. The summed E-state index contributed by atoms with van der Waals surface area (Å²) in [6.45, 7) is 7.24. The number of aryl methyl sites for hydroxylation is 1. The van der Waals surface area contributed by atoms with Gasteiger partial charge in [0, 0.05) is 12.1 Å². The van der Waals surface area contributed by atoms with Crippen LogP contribution in [0.2, 0.25) is 0 Å². The van der Waals surface area contributed by atoms with E-state index in [0.29, 0.717) is 11.8 Å². The zero-order valence-corrected chi connectivity index (χ0v) is 13.4. The summed E-state index contributed by atoms with van der Waals surface area (Å²) < 4.78 is 7.83. The number of hydrogen-bond donors (Lipinski definition) is 0. The van der Waals surface area contributed by atoms with Gasteiger partial charge < -0.3 is 4.42 Å². The molecule has 116 valence electrons. The van der Waals surface area contributed by atoms with E-state index in [9.17, 15) is 0 Å². The molecule has 4 rings (SSSR count). The van der Waals surface area contributed by atoms with Gasteiger partial charge >= 0.3 is 0 Å². The van der Waals surface area contributed by atoms with Crippen molar-refractivity contribution < 1.29 is 4.42 Å². The molecule has 0 saturated heterocycles. The first kappa shape index (κ1) is 13.9. The predicted molar refractivity (Wildman–Crippen MR) is 90.1 cm³/mol. The number of benzene rings is 2. The third-order valence-electron chi connectivity index (χ3n) is 3.84. The summed E-state index contributed by atoms with van der Waals surface area (Å²) in [4.78, 5) is 4.56. The van der Waals surface area contributed by atoms with E-state index in [2.05, 4.69) is 29.1 Å². The quantitative estimate of drug-likeness (QED) is 0.569. The second kappa shape index (κ2) is 5.19. The van der Waals surface area contributed by atoms with Crippen molar-refractivity contribution in [2.75, 3.05) is 0 Å². The maximum absolute atomic E-state index is 5.89. The Hall–Kier alpha value is -2.69. The molecule has 2 heterocycles. The van der Waals surface area contributed by atoms with E-state index in [1.807, 2.05) is 48.0 Å². The highest BCUT2D eigenvalue weighted by molar-refractivity contribution is 5.82. The largest absolute Gasteiger partial charge is 0.436 e. The van der Waals surface area contributed by atoms with Crippen LogP contribution in [0, 0.1) is 12.8 Å². The van der Waals surface area contributed by atoms with Crippen LogP contribution in [0.4, 0.5) is 0 Å². The number of fused-ring (bicyclic) bond motifs is 2. The molecule has 0 unspecified atom stereocenters. The van der Waals surface area contributed by atoms with Crippen LogP contribution < -0.4 is 0 Å². The Labute approximate surface area is 133 Å². The van der Waals surface area contributed by atoms with Gasteiger partial charge in [-0.2, -0.15) is 0 Å². The average molecular weight is 306 g/mol. The Balaban J connectivity index is 1.78. The fourth-order valence-corrected chi connectivity index (χ4v) is 2.74. The number of nitrogens with zero attached hydrogens (tertiary/aromatic N) is 4. The molecule has 0 saturated carbocycles. The standard InChI is InChI=1S/C18H18N4O/c1-11(2)10-22-16-7-5-13(9-15(16)20-21-22)18-19-14-6-4-12(3)8-17(14)23-18/h4-9,11H,10H2,1-3H3. The first-order chi connectivity index (χ1) is 11.1. The molecule has 0 amide bonds. The molecule has 0 fully saturated rings. The van der Waals surface area contributed by atoms with E-state index >= 15 is 0 Å². The summed E-state index contributed by atoms with van der Waals surface area (Å²) in [7, 11) is 0. The second-order valence-electron chi connectivity index (χ2n) is 6.36. The molecule has 0 radical (unpaired) electrons. The van der Waals surface area contributed by atoms with Crippen LogP contribution in [0.15, 0.2) is 40.8 Å². The van der Waals surface area contributed by atoms with Crippen molar-refractivity contribution in [3.63, 3.8) is 0 Å². The topological polar surface area (TPSA) is 56.7 Å². The van der Waals surface area contributed by atoms with Crippen molar-refractivity contribution in [1.82, 2.24) is 20.0 Å². The molecule has 4 aromatic rings. The van der Waals surface area contributed by atoms with E-state index in [4.69, 9.17) is 4.42 Å². The lowest BCUT2D eigenvalue weighted by atomic mass is 10.2. The van der Waals surface area contributed by atoms with Crippen LogP contribution in [-0.4, -0.2) is 20.0 Å². The molecule has 0 bridgehead atoms. The third-order valence-corrected chi connectivity index (χ3v) is 3.84. The maximum Gasteiger partial charge on any atom is 0.227 e. The van der Waals surface area contributed by atoms with Crippen molar-refractivity contribution in [2.45, 2.75) is 27.3 Å². The van der Waals surface area contributed by atoms with E-state index in [-0.39, 0.29) is 0 Å². The molecular weight excluding hydrogens is 288 g/mol. The van der Waals surface area contributed by atoms with Gasteiger partial charge in [-0.3, -0.25) is 0 Å². The van der Waals surface area contributed by atoms with Gasteiger partial charge in [-0.1, -0.05) is 25.1 Å². The highest BCUT2D eigenvalue weighted by Crippen LogP contribution is 2.27. The van der Waals surface area contributed by atoms with Crippen LogP contribution >= 0.6 is 0 Å². The van der Waals surface area contributed by atoms with Gasteiger partial charge in [0.1, 0.15) is 11.0 Å². The van der Waals surface area contributed by atoms with E-state index in [1.54, 1.807) is 0 Å². The first-order valence-corrected chi connectivity index (χ1v) is 7.81. The van der Waals surface area contributed by atoms with Crippen molar-refractivity contribution in [2.24, 2.45) is 5.92 Å². The molecule has 5 heteroatoms. The van der Waals surface area contributed by atoms with Crippen molar-refractivity contribution in [1.29, 1.82) is 0 Å². The average Bonchev–Trinajstić information content (AvgIpc) is 3.10. The van der Waals surface area contributed by atoms with Crippen molar-refractivity contribution in [3.8, 4) is 11.5 Å². The summed E-state index contributed by atoms with van der Waals surface area (Å²) in [5.41, 5.74) is 5.66. The molecule has 2 aromatic heterocycles. The summed E-state index contributed by atoms with van der Waals surface area (Å²) in [6.07, 6.45) is 0. The fourth-order valence-electron chi connectivity index (χ4n) is 2.74. The smallest absolute Gasteiger partial charge is 0.227 e. The van der Waals surface area contributed by atoms with Crippen LogP contribution in [0.25, 0.3) is 33.6 Å². The fraction of sp³-hybridized carbons (Fsp3) is 0.278. The monoisotopic (exact) mass is 306 g/mol. The summed E-state index contributed by atoms with van der Waals surface area (Å²) in [5, 5.41) is 8.51. The Morgan fingerprint density at radius 1 is 1.09 bits per heavy atom. The number of oxazole rings is 1. The molecular formula is C18H18N4O.